The van der Waals surface area contributed by atoms with Crippen molar-refractivity contribution in [2.24, 2.45) is 11.7 Å². The summed E-state index contributed by atoms with van der Waals surface area (Å²) in [4.78, 5) is 0. The van der Waals surface area contributed by atoms with Crippen molar-refractivity contribution in [2.75, 3.05) is 18.1 Å². The van der Waals surface area contributed by atoms with Crippen LogP contribution in [0, 0.1) is 5.92 Å². The lowest BCUT2D eigenvalue weighted by Gasteiger charge is -2.46. The first kappa shape index (κ1) is 6.35. The van der Waals surface area contributed by atoms with Gasteiger partial charge in [-0.1, -0.05) is 0 Å². The zero-order chi connectivity index (χ0) is 6.20. The summed E-state index contributed by atoms with van der Waals surface area (Å²) in [6, 6.07) is 0. The summed E-state index contributed by atoms with van der Waals surface area (Å²) in [6.07, 6.45) is 0. The van der Waals surface area contributed by atoms with Crippen LogP contribution in [0.25, 0.3) is 0 Å². The summed E-state index contributed by atoms with van der Waals surface area (Å²) in [5.74, 6) is 1.44. The maximum atomic E-state index is 8.80. The molecule has 0 aromatic heterocycles. The Morgan fingerprint density at radius 3 is 2.12 bits per heavy atom. The highest BCUT2D eigenvalue weighted by molar-refractivity contribution is 8.25. The van der Waals surface area contributed by atoms with Crippen molar-refractivity contribution in [1.29, 1.82) is 0 Å². The summed E-state index contributed by atoms with van der Waals surface area (Å²) in [7, 11) is -2.12. The van der Waals surface area contributed by atoms with E-state index in [9.17, 15) is 0 Å². The van der Waals surface area contributed by atoms with Crippen molar-refractivity contribution >= 4 is 10.6 Å². The Morgan fingerprint density at radius 1 is 1.50 bits per heavy atom. The van der Waals surface area contributed by atoms with Gasteiger partial charge >= 0.3 is 0 Å². The molecule has 0 aromatic carbocycles. The topological polar surface area (TPSA) is 66.5 Å². The average molecular weight is 137 g/mol. The van der Waals surface area contributed by atoms with Crippen LogP contribution in [0.5, 0.6) is 0 Å². The molecule has 0 atom stereocenters. The number of rotatable bonds is 1. The third kappa shape index (κ3) is 1.14. The Kier molecular flexibility index (Phi) is 1.49. The van der Waals surface area contributed by atoms with Crippen molar-refractivity contribution in [3.63, 3.8) is 0 Å². The molecule has 1 fully saturated rings. The Labute approximate surface area is 50.2 Å². The highest BCUT2D eigenvalue weighted by Crippen LogP contribution is 2.51. The second-order valence-electron chi connectivity index (χ2n) is 2.24. The summed E-state index contributed by atoms with van der Waals surface area (Å²) in [5, 5.41) is 0. The van der Waals surface area contributed by atoms with Crippen LogP contribution < -0.4 is 5.73 Å². The van der Waals surface area contributed by atoms with Crippen molar-refractivity contribution in [2.45, 2.75) is 0 Å². The lowest BCUT2D eigenvalue weighted by molar-refractivity contribution is 0.429. The molecule has 0 radical (unpaired) electrons. The standard InChI is InChI=1S/C4H11NO2S/c5-1-4-2-8(6,7)3-4/h4,6-7H,1-3,5H2. The fourth-order valence-electron chi connectivity index (χ4n) is 0.842. The molecule has 4 N–H and O–H groups in total. The molecule has 4 heteroatoms. The Bertz CT molecular complexity index is 88.0. The van der Waals surface area contributed by atoms with E-state index in [-0.39, 0.29) is 0 Å². The van der Waals surface area contributed by atoms with Crippen LogP contribution in [-0.4, -0.2) is 27.2 Å². The van der Waals surface area contributed by atoms with Crippen LogP contribution in [0.4, 0.5) is 0 Å². The molecule has 1 aliphatic rings. The van der Waals surface area contributed by atoms with E-state index in [4.69, 9.17) is 14.8 Å². The second-order valence-corrected chi connectivity index (χ2v) is 4.51. The van der Waals surface area contributed by atoms with Crippen LogP contribution in [0.15, 0.2) is 0 Å². The maximum absolute atomic E-state index is 8.80. The minimum Gasteiger partial charge on any atom is -0.330 e. The van der Waals surface area contributed by atoms with Gasteiger partial charge in [0.05, 0.1) is 0 Å². The molecule has 8 heavy (non-hydrogen) atoms. The highest BCUT2D eigenvalue weighted by Gasteiger charge is 2.31. The minimum atomic E-state index is -2.12. The van der Waals surface area contributed by atoms with Gasteiger partial charge in [-0.25, -0.2) is 0 Å². The van der Waals surface area contributed by atoms with E-state index < -0.39 is 10.6 Å². The maximum Gasteiger partial charge on any atom is 0.0429 e. The van der Waals surface area contributed by atoms with Crippen molar-refractivity contribution in [1.82, 2.24) is 0 Å². The molecule has 0 spiro atoms. The second kappa shape index (κ2) is 1.88. The summed E-state index contributed by atoms with van der Waals surface area (Å²) in [6.45, 7) is 0.593. The predicted molar refractivity (Wildman–Crippen MR) is 35.1 cm³/mol. The van der Waals surface area contributed by atoms with E-state index >= 15 is 0 Å². The number of hydrogen-bond donors (Lipinski definition) is 3. The zero-order valence-electron chi connectivity index (χ0n) is 4.58. The van der Waals surface area contributed by atoms with Gasteiger partial charge in [0.1, 0.15) is 0 Å². The predicted octanol–water partition coefficient (Wildman–Crippen LogP) is 0.326. The molecular weight excluding hydrogens is 126 g/mol. The summed E-state index contributed by atoms with van der Waals surface area (Å²) >= 11 is 0. The van der Waals surface area contributed by atoms with Gasteiger partial charge in [0, 0.05) is 17.4 Å². The van der Waals surface area contributed by atoms with Crippen LogP contribution in [0.2, 0.25) is 0 Å². The molecule has 0 bridgehead atoms. The largest absolute Gasteiger partial charge is 0.330 e. The van der Waals surface area contributed by atoms with E-state index in [1.807, 2.05) is 0 Å². The minimum absolute atomic E-state index is 0.375. The first-order valence-corrected chi connectivity index (χ1v) is 4.46. The van der Waals surface area contributed by atoms with E-state index in [2.05, 4.69) is 0 Å². The molecule has 0 amide bonds. The van der Waals surface area contributed by atoms with Gasteiger partial charge < -0.3 is 5.73 Å². The van der Waals surface area contributed by atoms with E-state index in [0.717, 1.165) is 0 Å². The number of nitrogens with two attached hydrogens (primary N) is 1. The molecule has 1 rings (SSSR count). The van der Waals surface area contributed by atoms with Crippen molar-refractivity contribution in [3.05, 3.63) is 0 Å². The Morgan fingerprint density at radius 2 is 2.00 bits per heavy atom. The van der Waals surface area contributed by atoms with Gasteiger partial charge in [-0.15, -0.1) is 0 Å². The lowest BCUT2D eigenvalue weighted by atomic mass is 10.2. The van der Waals surface area contributed by atoms with Gasteiger partial charge in [-0.05, 0) is 6.54 Å². The van der Waals surface area contributed by atoms with E-state index in [1.54, 1.807) is 0 Å². The Balaban J connectivity index is 2.21. The van der Waals surface area contributed by atoms with Crippen molar-refractivity contribution < 1.29 is 9.11 Å². The molecule has 1 saturated heterocycles. The van der Waals surface area contributed by atoms with E-state index in [0.29, 0.717) is 24.0 Å². The average Bonchev–Trinajstić information content (AvgIpc) is 1.60. The molecule has 3 nitrogen and oxygen atoms in total. The van der Waals surface area contributed by atoms with Crippen molar-refractivity contribution in [3.8, 4) is 0 Å². The van der Waals surface area contributed by atoms with Crippen LogP contribution in [-0.2, 0) is 0 Å². The third-order valence-corrected chi connectivity index (χ3v) is 3.35. The molecule has 0 unspecified atom stereocenters. The van der Waals surface area contributed by atoms with Crippen LogP contribution in [0.1, 0.15) is 0 Å². The molecule has 0 aliphatic carbocycles. The van der Waals surface area contributed by atoms with Crippen LogP contribution >= 0.6 is 10.6 Å². The van der Waals surface area contributed by atoms with Gasteiger partial charge in [0.2, 0.25) is 0 Å². The van der Waals surface area contributed by atoms with Gasteiger partial charge in [-0.2, -0.15) is 10.6 Å². The molecular formula is C4H11NO2S. The number of hydrogen-bond acceptors (Lipinski definition) is 3. The lowest BCUT2D eigenvalue weighted by Crippen LogP contribution is -2.37. The molecule has 50 valence electrons. The van der Waals surface area contributed by atoms with Crippen LogP contribution in [0.3, 0.4) is 0 Å². The highest BCUT2D eigenvalue weighted by atomic mass is 32.3. The summed E-state index contributed by atoms with van der Waals surface area (Å²) < 4.78 is 17.6. The quantitative estimate of drug-likeness (QED) is 0.487. The first-order valence-electron chi connectivity index (χ1n) is 2.58. The summed E-state index contributed by atoms with van der Waals surface area (Å²) in [5.41, 5.74) is 5.25. The monoisotopic (exact) mass is 137 g/mol. The fourth-order valence-corrected chi connectivity index (χ4v) is 2.53. The smallest absolute Gasteiger partial charge is 0.0429 e. The van der Waals surface area contributed by atoms with Gasteiger partial charge in [-0.3, -0.25) is 9.11 Å². The molecule has 1 aliphatic heterocycles. The molecule has 0 aromatic rings. The van der Waals surface area contributed by atoms with Gasteiger partial charge in [0.15, 0.2) is 0 Å². The third-order valence-electron chi connectivity index (χ3n) is 1.34. The molecule has 1 heterocycles. The van der Waals surface area contributed by atoms with Gasteiger partial charge in [0.25, 0.3) is 0 Å². The van der Waals surface area contributed by atoms with E-state index in [1.165, 1.54) is 0 Å². The molecule has 0 saturated carbocycles. The first-order chi connectivity index (χ1) is 3.64. The zero-order valence-corrected chi connectivity index (χ0v) is 5.40. The normalized spacial score (nSPS) is 31.4. The SMILES string of the molecule is NCC1CS(O)(O)C1. The Hall–Kier alpha value is 0.230. The fraction of sp³-hybridized carbons (Fsp3) is 1.00.